The van der Waals surface area contributed by atoms with Gasteiger partial charge in [-0.25, -0.2) is 0 Å². The molecule has 14 atom stereocenters. The average molecular weight is 577 g/mol. The lowest BCUT2D eigenvalue weighted by Crippen LogP contribution is -2.59. The molecule has 0 aromatic rings. The molecule has 8 heteroatoms. The maximum Gasteiger partial charge on any atom is 0.186 e. The summed E-state index contributed by atoms with van der Waals surface area (Å²) in [4.78, 5) is 0. The van der Waals surface area contributed by atoms with E-state index in [4.69, 9.17) is 14.2 Å². The highest BCUT2D eigenvalue weighted by atomic mass is 16.7. The number of aliphatic hydroxyl groups excluding tert-OH is 5. The second-order valence-corrected chi connectivity index (χ2v) is 14.9. The van der Waals surface area contributed by atoms with Crippen LogP contribution in [0.15, 0.2) is 23.0 Å². The van der Waals surface area contributed by atoms with Crippen LogP contribution in [0.5, 0.6) is 0 Å². The average Bonchev–Trinajstić information content (AvgIpc) is 3.43. The fraction of sp³-hybridized carbons (Fsp3) is 0.879. The summed E-state index contributed by atoms with van der Waals surface area (Å²) in [5.41, 5.74) is 3.48. The van der Waals surface area contributed by atoms with Gasteiger partial charge in [0, 0.05) is 12.3 Å². The lowest BCUT2D eigenvalue weighted by Gasteiger charge is -2.57. The monoisotopic (exact) mass is 576 g/mol. The van der Waals surface area contributed by atoms with Crippen LogP contribution in [0, 0.1) is 40.4 Å². The molecule has 4 fully saturated rings. The van der Waals surface area contributed by atoms with Gasteiger partial charge in [0.2, 0.25) is 0 Å². The molecule has 8 nitrogen and oxygen atoms in total. The highest BCUT2D eigenvalue weighted by molar-refractivity contribution is 5.30. The van der Waals surface area contributed by atoms with E-state index >= 15 is 0 Å². The third kappa shape index (κ3) is 4.94. The molecule has 3 saturated carbocycles. The van der Waals surface area contributed by atoms with Crippen LogP contribution in [0.2, 0.25) is 0 Å². The van der Waals surface area contributed by atoms with Gasteiger partial charge < -0.3 is 39.7 Å². The predicted octanol–water partition coefficient (Wildman–Crippen LogP) is 3.44. The molecule has 2 heterocycles. The van der Waals surface area contributed by atoms with Gasteiger partial charge in [0.15, 0.2) is 6.29 Å². The molecule has 0 bridgehead atoms. The Kier molecular flexibility index (Phi) is 8.19. The molecule has 0 spiro atoms. The van der Waals surface area contributed by atoms with Gasteiger partial charge >= 0.3 is 0 Å². The van der Waals surface area contributed by atoms with Crippen molar-refractivity contribution in [3.63, 3.8) is 0 Å². The molecule has 0 aromatic carbocycles. The molecular formula is C33H52O8. The summed E-state index contributed by atoms with van der Waals surface area (Å²) in [5, 5.41) is 50.0. The zero-order valence-corrected chi connectivity index (χ0v) is 25.2. The van der Waals surface area contributed by atoms with Crippen LogP contribution >= 0.6 is 0 Å². The summed E-state index contributed by atoms with van der Waals surface area (Å²) in [6.07, 6.45) is 5.85. The molecule has 4 aliphatic carbocycles. The van der Waals surface area contributed by atoms with Crippen LogP contribution in [-0.4, -0.2) is 81.7 Å². The van der Waals surface area contributed by atoms with Crippen LogP contribution in [0.1, 0.15) is 85.5 Å². The van der Waals surface area contributed by atoms with E-state index in [0.29, 0.717) is 24.4 Å². The largest absolute Gasteiger partial charge is 0.494 e. The molecule has 1 unspecified atom stereocenters. The molecule has 1 saturated heterocycles. The second kappa shape index (κ2) is 11.2. The highest BCUT2D eigenvalue weighted by Crippen LogP contribution is 2.68. The first-order chi connectivity index (χ1) is 19.5. The Bertz CT molecular complexity index is 1040. The number of ether oxygens (including phenoxy) is 3. The third-order valence-corrected chi connectivity index (χ3v) is 12.5. The van der Waals surface area contributed by atoms with Crippen molar-refractivity contribution in [2.75, 3.05) is 13.2 Å². The first-order valence-electron chi connectivity index (χ1n) is 16.1. The fourth-order valence-corrected chi connectivity index (χ4v) is 10.2. The summed E-state index contributed by atoms with van der Waals surface area (Å²) in [7, 11) is 0. The predicted molar refractivity (Wildman–Crippen MR) is 152 cm³/mol. The van der Waals surface area contributed by atoms with E-state index in [1.165, 1.54) is 24.0 Å². The number of hydrogen-bond acceptors (Lipinski definition) is 8. The van der Waals surface area contributed by atoms with Gasteiger partial charge in [0.25, 0.3) is 0 Å². The summed E-state index contributed by atoms with van der Waals surface area (Å²) in [6.45, 7) is 9.27. The summed E-state index contributed by atoms with van der Waals surface area (Å²) in [5.74, 6) is 3.91. The Morgan fingerprint density at radius 1 is 1.05 bits per heavy atom. The quantitative estimate of drug-likeness (QED) is 0.292. The van der Waals surface area contributed by atoms with Crippen LogP contribution < -0.4 is 0 Å². The van der Waals surface area contributed by atoms with Gasteiger partial charge in [-0.15, -0.1) is 0 Å². The van der Waals surface area contributed by atoms with E-state index in [2.05, 4.69) is 33.8 Å². The number of hydrogen-bond donors (Lipinski definition) is 5. The Labute approximate surface area is 244 Å². The Morgan fingerprint density at radius 2 is 1.83 bits per heavy atom. The summed E-state index contributed by atoms with van der Waals surface area (Å²) < 4.78 is 18.0. The lowest BCUT2D eigenvalue weighted by atomic mass is 9.47. The van der Waals surface area contributed by atoms with Crippen molar-refractivity contribution in [2.24, 2.45) is 40.4 Å². The van der Waals surface area contributed by atoms with Crippen molar-refractivity contribution in [3.8, 4) is 0 Å². The summed E-state index contributed by atoms with van der Waals surface area (Å²) >= 11 is 0. The van der Waals surface area contributed by atoms with Crippen molar-refractivity contribution >= 4 is 0 Å². The Balaban J connectivity index is 1.07. The van der Waals surface area contributed by atoms with E-state index in [9.17, 15) is 25.5 Å². The van der Waals surface area contributed by atoms with E-state index < -0.39 is 37.3 Å². The Morgan fingerprint density at radius 3 is 2.59 bits per heavy atom. The van der Waals surface area contributed by atoms with Crippen molar-refractivity contribution in [1.82, 2.24) is 0 Å². The fourth-order valence-electron chi connectivity index (χ4n) is 10.2. The molecule has 232 valence electrons. The number of rotatable bonds is 7. The standard InChI is InChI=1S/C33H52O8/c1-17(16-39-31-30(38)29(37)28(36)26(15-34)41-31)5-8-24-18(2)27-25(40-24)14-23-21-7-6-19-13-20(35)9-11-32(19,3)22(21)10-12-33(23,27)4/h6,17,20-23,25-31,34-38H,5,7-16H2,1-4H3/t17?,20-,21+,22-,23-,25-,26+,27-,28+,29-,30+,31+,32-,33-/m0/s1. The van der Waals surface area contributed by atoms with E-state index in [1.54, 1.807) is 0 Å². The molecule has 0 aromatic heterocycles. The summed E-state index contributed by atoms with van der Waals surface area (Å²) in [6, 6.07) is 0. The molecule has 41 heavy (non-hydrogen) atoms. The molecule has 6 aliphatic rings. The first kappa shape index (κ1) is 30.0. The van der Waals surface area contributed by atoms with Crippen LogP contribution in [-0.2, 0) is 14.2 Å². The van der Waals surface area contributed by atoms with E-state index in [1.807, 2.05) is 0 Å². The minimum atomic E-state index is -1.43. The molecule has 5 N–H and O–H groups in total. The van der Waals surface area contributed by atoms with Crippen molar-refractivity contribution < 1.29 is 39.7 Å². The van der Waals surface area contributed by atoms with E-state index in [-0.39, 0.29) is 29.0 Å². The first-order valence-corrected chi connectivity index (χ1v) is 16.1. The van der Waals surface area contributed by atoms with Gasteiger partial charge in [-0.2, -0.15) is 0 Å². The van der Waals surface area contributed by atoms with Crippen molar-refractivity contribution in [1.29, 1.82) is 0 Å². The lowest BCUT2D eigenvalue weighted by molar-refractivity contribution is -0.303. The van der Waals surface area contributed by atoms with Crippen molar-refractivity contribution in [3.05, 3.63) is 23.0 Å². The van der Waals surface area contributed by atoms with Gasteiger partial charge in [-0.3, -0.25) is 0 Å². The molecule has 6 rings (SSSR count). The molecule has 2 aliphatic heterocycles. The number of allylic oxidation sites excluding steroid dienone is 2. The van der Waals surface area contributed by atoms with Gasteiger partial charge in [-0.05, 0) is 98.4 Å². The second-order valence-electron chi connectivity index (χ2n) is 14.9. The zero-order valence-electron chi connectivity index (χ0n) is 25.2. The minimum Gasteiger partial charge on any atom is -0.494 e. The third-order valence-electron chi connectivity index (χ3n) is 12.5. The van der Waals surface area contributed by atoms with Crippen molar-refractivity contribution in [2.45, 2.75) is 128 Å². The maximum atomic E-state index is 10.3. The Hall–Kier alpha value is -1.00. The minimum absolute atomic E-state index is 0.160. The van der Waals surface area contributed by atoms with Crippen LogP contribution in [0.4, 0.5) is 0 Å². The van der Waals surface area contributed by atoms with Crippen LogP contribution in [0.25, 0.3) is 0 Å². The molecule has 0 amide bonds. The molecule has 0 radical (unpaired) electrons. The SMILES string of the molecule is CC1=C(CCC(C)CO[C@@H]2O[C@H](CO)[C@@H](O)[C@H](O)[C@H]2O)O[C@H]2C[C@H]3[C@@H]4CC=C5C[C@@H](O)CC[C@]5(C)[C@H]4CC[C@]3(C)[C@@H]12. The molecular weight excluding hydrogens is 524 g/mol. The smallest absolute Gasteiger partial charge is 0.186 e. The number of aliphatic hydroxyl groups is 5. The normalized spacial score (nSPS) is 49.9. The van der Waals surface area contributed by atoms with Gasteiger partial charge in [-0.1, -0.05) is 32.4 Å². The van der Waals surface area contributed by atoms with Gasteiger partial charge in [0.1, 0.15) is 30.5 Å². The zero-order chi connectivity index (χ0) is 29.3. The highest BCUT2D eigenvalue weighted by Gasteiger charge is 2.63. The van der Waals surface area contributed by atoms with E-state index in [0.717, 1.165) is 56.6 Å². The topological polar surface area (TPSA) is 129 Å². The number of fused-ring (bicyclic) bond motifs is 7. The maximum absolute atomic E-state index is 10.3. The van der Waals surface area contributed by atoms with Crippen LogP contribution in [0.3, 0.4) is 0 Å². The van der Waals surface area contributed by atoms with Gasteiger partial charge in [0.05, 0.1) is 25.1 Å².